The summed E-state index contributed by atoms with van der Waals surface area (Å²) in [5, 5.41) is 0. The molecule has 2 unspecified atom stereocenters. The van der Waals surface area contributed by atoms with E-state index in [2.05, 4.69) is 39.9 Å². The summed E-state index contributed by atoms with van der Waals surface area (Å²) in [5.41, 5.74) is 3.36. The van der Waals surface area contributed by atoms with E-state index < -0.39 is 0 Å². The lowest BCUT2D eigenvalue weighted by atomic mass is 10.1. The molecule has 0 aliphatic heterocycles. The summed E-state index contributed by atoms with van der Waals surface area (Å²) >= 11 is 5.94. The summed E-state index contributed by atoms with van der Waals surface area (Å²) in [7, 11) is 0. The van der Waals surface area contributed by atoms with Crippen LogP contribution in [0.15, 0.2) is 48.7 Å². The largest absolute Gasteiger partial charge is 0.309 e. The average Bonchev–Trinajstić information content (AvgIpc) is 3.23. The molecule has 0 amide bonds. The zero-order valence-corrected chi connectivity index (χ0v) is 12.4. The Hall–Kier alpha value is -1.87. The number of fused-ring (bicyclic) bond motifs is 1. The van der Waals surface area contributed by atoms with Crippen LogP contribution >= 0.6 is 11.6 Å². The minimum Gasteiger partial charge on any atom is -0.309 e. The highest BCUT2D eigenvalue weighted by Crippen LogP contribution is 2.52. The van der Waals surface area contributed by atoms with Gasteiger partial charge < -0.3 is 4.57 Å². The van der Waals surface area contributed by atoms with Gasteiger partial charge in [-0.2, -0.15) is 0 Å². The fourth-order valence-corrected chi connectivity index (χ4v) is 3.28. The molecular formula is C17H16ClN3. The number of alkyl halides is 1. The molecule has 106 valence electrons. The zero-order valence-electron chi connectivity index (χ0n) is 11.6. The van der Waals surface area contributed by atoms with Crippen LogP contribution in [0.2, 0.25) is 0 Å². The highest BCUT2D eigenvalue weighted by molar-refractivity contribution is 6.17. The molecule has 1 aliphatic carbocycles. The zero-order chi connectivity index (χ0) is 14.2. The van der Waals surface area contributed by atoms with Crippen molar-refractivity contribution in [1.29, 1.82) is 0 Å². The molecule has 4 heteroatoms. The van der Waals surface area contributed by atoms with Gasteiger partial charge in [-0.25, -0.2) is 9.97 Å². The second kappa shape index (κ2) is 5.15. The fourth-order valence-electron chi connectivity index (χ4n) is 3.11. The fraction of sp³-hybridized carbons (Fsp3) is 0.294. The van der Waals surface area contributed by atoms with E-state index >= 15 is 0 Å². The first-order chi connectivity index (χ1) is 10.4. The van der Waals surface area contributed by atoms with E-state index in [1.165, 1.54) is 5.56 Å². The van der Waals surface area contributed by atoms with Crippen LogP contribution in [0, 0.1) is 0 Å². The lowest BCUT2D eigenvalue weighted by Gasteiger charge is -2.07. The Labute approximate surface area is 128 Å². The number of pyridine rings is 1. The number of hydrogen-bond acceptors (Lipinski definition) is 2. The van der Waals surface area contributed by atoms with Crippen LogP contribution in [0.4, 0.5) is 0 Å². The maximum absolute atomic E-state index is 5.94. The number of imidazole rings is 1. The number of halogens is 1. The normalized spacial score (nSPS) is 20.8. The predicted molar refractivity (Wildman–Crippen MR) is 84.8 cm³/mol. The number of aryl methyl sites for hydroxylation is 1. The Morgan fingerprint density at radius 3 is 2.81 bits per heavy atom. The van der Waals surface area contributed by atoms with Crippen molar-refractivity contribution in [2.24, 2.45) is 0 Å². The van der Waals surface area contributed by atoms with Gasteiger partial charge in [-0.15, -0.1) is 11.6 Å². The van der Waals surface area contributed by atoms with Crippen molar-refractivity contribution in [2.75, 3.05) is 5.88 Å². The topological polar surface area (TPSA) is 30.7 Å². The highest BCUT2D eigenvalue weighted by Gasteiger charge is 2.41. The van der Waals surface area contributed by atoms with E-state index in [1.54, 1.807) is 0 Å². The first kappa shape index (κ1) is 12.8. The van der Waals surface area contributed by atoms with Crippen LogP contribution in [0.25, 0.3) is 11.2 Å². The summed E-state index contributed by atoms with van der Waals surface area (Å²) in [6.07, 6.45) is 3.78. The highest BCUT2D eigenvalue weighted by atomic mass is 35.5. The smallest absolute Gasteiger partial charge is 0.160 e. The average molecular weight is 298 g/mol. The lowest BCUT2D eigenvalue weighted by molar-refractivity contribution is 0.685. The van der Waals surface area contributed by atoms with Crippen molar-refractivity contribution in [3.05, 3.63) is 60.0 Å². The Morgan fingerprint density at radius 1 is 1.14 bits per heavy atom. The molecule has 2 heterocycles. The molecule has 2 aromatic heterocycles. The number of nitrogens with zero attached hydrogens (tertiary/aromatic N) is 3. The van der Waals surface area contributed by atoms with Crippen LogP contribution in [0.3, 0.4) is 0 Å². The van der Waals surface area contributed by atoms with Gasteiger partial charge in [0, 0.05) is 30.5 Å². The number of benzene rings is 1. The molecule has 0 radical (unpaired) electrons. The minimum atomic E-state index is 0.463. The first-order valence-corrected chi connectivity index (χ1v) is 7.84. The van der Waals surface area contributed by atoms with Gasteiger partial charge in [0.05, 0.1) is 0 Å². The Morgan fingerprint density at radius 2 is 2.00 bits per heavy atom. The predicted octanol–water partition coefficient (Wildman–Crippen LogP) is 3.94. The summed E-state index contributed by atoms with van der Waals surface area (Å²) in [6.45, 7) is 0. The lowest BCUT2D eigenvalue weighted by Crippen LogP contribution is -2.04. The molecule has 1 saturated carbocycles. The molecule has 1 aromatic carbocycles. The summed E-state index contributed by atoms with van der Waals surface area (Å²) in [4.78, 5) is 9.24. The summed E-state index contributed by atoms with van der Waals surface area (Å²) < 4.78 is 2.30. The van der Waals surface area contributed by atoms with E-state index in [1.807, 2.05) is 18.3 Å². The molecular weight excluding hydrogens is 282 g/mol. The third kappa shape index (κ3) is 2.22. The Bertz CT molecular complexity index is 766. The quantitative estimate of drug-likeness (QED) is 0.683. The van der Waals surface area contributed by atoms with E-state index in [4.69, 9.17) is 16.6 Å². The van der Waals surface area contributed by atoms with Gasteiger partial charge >= 0.3 is 0 Å². The second-order valence-electron chi connectivity index (χ2n) is 5.50. The van der Waals surface area contributed by atoms with Gasteiger partial charge in [0.1, 0.15) is 11.3 Å². The molecule has 1 aliphatic rings. The first-order valence-electron chi connectivity index (χ1n) is 7.31. The van der Waals surface area contributed by atoms with Crippen molar-refractivity contribution >= 4 is 22.8 Å². The van der Waals surface area contributed by atoms with E-state index in [-0.39, 0.29) is 0 Å². The van der Waals surface area contributed by atoms with E-state index in [0.717, 1.165) is 29.8 Å². The molecule has 4 rings (SSSR count). The third-order valence-electron chi connectivity index (χ3n) is 4.16. The molecule has 0 spiro atoms. The maximum atomic E-state index is 5.94. The number of rotatable bonds is 4. The standard InChI is InChI=1S/C17H16ClN3/c18-9-8-16-20-14-7-4-10-19-17(14)21(16)15-11-13(15)12-5-2-1-3-6-12/h1-7,10,13,15H,8-9,11H2. The van der Waals surface area contributed by atoms with Crippen LogP contribution in [-0.4, -0.2) is 20.4 Å². The van der Waals surface area contributed by atoms with Gasteiger partial charge in [-0.05, 0) is 24.1 Å². The van der Waals surface area contributed by atoms with E-state index in [0.29, 0.717) is 17.8 Å². The van der Waals surface area contributed by atoms with Crippen LogP contribution < -0.4 is 0 Å². The van der Waals surface area contributed by atoms with Gasteiger partial charge in [-0.1, -0.05) is 30.3 Å². The monoisotopic (exact) mass is 297 g/mol. The molecule has 3 aromatic rings. The molecule has 0 bridgehead atoms. The van der Waals surface area contributed by atoms with Gasteiger partial charge in [0.2, 0.25) is 0 Å². The molecule has 0 N–H and O–H groups in total. The van der Waals surface area contributed by atoms with Crippen molar-refractivity contribution in [2.45, 2.75) is 24.8 Å². The Kier molecular flexibility index (Phi) is 3.15. The molecule has 3 nitrogen and oxygen atoms in total. The summed E-state index contributed by atoms with van der Waals surface area (Å²) in [6, 6.07) is 15.1. The third-order valence-corrected chi connectivity index (χ3v) is 4.35. The maximum Gasteiger partial charge on any atom is 0.160 e. The number of aromatic nitrogens is 3. The molecule has 21 heavy (non-hydrogen) atoms. The van der Waals surface area contributed by atoms with Gasteiger partial charge in [-0.3, -0.25) is 0 Å². The van der Waals surface area contributed by atoms with Crippen LogP contribution in [-0.2, 0) is 6.42 Å². The molecule has 0 saturated heterocycles. The van der Waals surface area contributed by atoms with Crippen LogP contribution in [0.5, 0.6) is 0 Å². The Balaban J connectivity index is 1.75. The second-order valence-corrected chi connectivity index (χ2v) is 5.88. The van der Waals surface area contributed by atoms with Gasteiger partial charge in [0.15, 0.2) is 5.65 Å². The SMILES string of the molecule is ClCCc1nc2cccnc2n1C1CC1c1ccccc1. The van der Waals surface area contributed by atoms with Crippen molar-refractivity contribution in [3.63, 3.8) is 0 Å². The molecule has 2 atom stereocenters. The van der Waals surface area contributed by atoms with Crippen molar-refractivity contribution in [1.82, 2.24) is 14.5 Å². The minimum absolute atomic E-state index is 0.463. The van der Waals surface area contributed by atoms with Crippen molar-refractivity contribution < 1.29 is 0 Å². The number of hydrogen-bond donors (Lipinski definition) is 0. The van der Waals surface area contributed by atoms with Gasteiger partial charge in [0.25, 0.3) is 0 Å². The van der Waals surface area contributed by atoms with Crippen LogP contribution in [0.1, 0.15) is 29.8 Å². The van der Waals surface area contributed by atoms with E-state index in [9.17, 15) is 0 Å². The molecule has 1 fully saturated rings. The summed E-state index contributed by atoms with van der Waals surface area (Å²) in [5.74, 6) is 2.22. The van der Waals surface area contributed by atoms with Crippen molar-refractivity contribution in [3.8, 4) is 0 Å².